The Hall–Kier alpha value is -0.750. The van der Waals surface area contributed by atoms with Gasteiger partial charge in [0.1, 0.15) is 6.17 Å². The largest absolute Gasteiger partial charge is 0.339 e. The zero-order valence-corrected chi connectivity index (χ0v) is 14.8. The summed E-state index contributed by atoms with van der Waals surface area (Å²) >= 11 is 22.6. The molecule has 0 aliphatic rings. The number of carbonyl (C=O) groups excluding carboxylic acids is 1. The van der Waals surface area contributed by atoms with Crippen molar-refractivity contribution in [1.29, 1.82) is 0 Å². The number of hydrogen-bond acceptors (Lipinski definition) is 2. The molecule has 0 saturated heterocycles. The number of alkyl halides is 3. The van der Waals surface area contributed by atoms with Gasteiger partial charge < -0.3 is 16.0 Å². The van der Waals surface area contributed by atoms with E-state index in [1.54, 1.807) is 0 Å². The van der Waals surface area contributed by atoms with Crippen molar-refractivity contribution in [2.24, 2.45) is 0 Å². The van der Waals surface area contributed by atoms with Gasteiger partial charge in [-0.05, 0) is 43.3 Å². The topological polar surface area (TPSA) is 53.2 Å². The Kier molecular flexibility index (Phi) is 6.53. The maximum Gasteiger partial charge on any atom is 0.228 e. The molecule has 0 bridgehead atoms. The van der Waals surface area contributed by atoms with Crippen LogP contribution in [0.25, 0.3) is 0 Å². The van der Waals surface area contributed by atoms with Crippen molar-refractivity contribution >= 4 is 63.7 Å². The third-order valence-corrected chi connectivity index (χ3v) is 3.47. The fraction of sp³-hybridized carbons (Fsp3) is 0.385. The third-order valence-electron chi connectivity index (χ3n) is 2.59. The molecule has 1 aromatic rings. The Balaban J connectivity index is 2.78. The number of aryl methyl sites for hydroxylation is 2. The predicted octanol–water partition coefficient (Wildman–Crippen LogP) is 3.42. The number of thiocarbonyl (C=S) groups is 1. The zero-order valence-electron chi connectivity index (χ0n) is 11.8. The first kappa shape index (κ1) is 18.3. The van der Waals surface area contributed by atoms with Crippen LogP contribution in [-0.2, 0) is 4.79 Å². The van der Waals surface area contributed by atoms with Crippen LogP contribution in [0, 0.1) is 13.8 Å². The molecule has 0 radical (unpaired) electrons. The molecule has 0 unspecified atom stereocenters. The van der Waals surface area contributed by atoms with Gasteiger partial charge in [-0.2, -0.15) is 0 Å². The molecule has 0 aromatic heterocycles. The Morgan fingerprint density at radius 3 is 2.38 bits per heavy atom. The van der Waals surface area contributed by atoms with Crippen molar-refractivity contribution < 1.29 is 4.79 Å². The van der Waals surface area contributed by atoms with Gasteiger partial charge in [-0.1, -0.05) is 46.9 Å². The van der Waals surface area contributed by atoms with Crippen molar-refractivity contribution in [2.45, 2.75) is 30.7 Å². The Morgan fingerprint density at radius 2 is 1.86 bits per heavy atom. The molecule has 0 fully saturated rings. The van der Waals surface area contributed by atoms with Gasteiger partial charge in [0.15, 0.2) is 5.11 Å². The second-order valence-electron chi connectivity index (χ2n) is 4.59. The van der Waals surface area contributed by atoms with Gasteiger partial charge >= 0.3 is 0 Å². The van der Waals surface area contributed by atoms with Crippen LogP contribution >= 0.6 is 47.0 Å². The lowest BCUT2D eigenvalue weighted by atomic mass is 10.1. The van der Waals surface area contributed by atoms with Gasteiger partial charge in [-0.25, -0.2) is 0 Å². The number of benzene rings is 1. The van der Waals surface area contributed by atoms with Crippen LogP contribution in [0.15, 0.2) is 18.2 Å². The van der Waals surface area contributed by atoms with Crippen LogP contribution in [0.4, 0.5) is 5.69 Å². The molecule has 0 aliphatic carbocycles. The van der Waals surface area contributed by atoms with Gasteiger partial charge in [0.05, 0.1) is 0 Å². The van der Waals surface area contributed by atoms with E-state index in [1.807, 2.05) is 32.0 Å². The van der Waals surface area contributed by atoms with Crippen molar-refractivity contribution in [3.05, 3.63) is 29.3 Å². The summed E-state index contributed by atoms with van der Waals surface area (Å²) in [5.41, 5.74) is 2.96. The highest BCUT2D eigenvalue weighted by atomic mass is 35.6. The van der Waals surface area contributed by atoms with Crippen LogP contribution in [-0.4, -0.2) is 21.0 Å². The smallest absolute Gasteiger partial charge is 0.228 e. The second kappa shape index (κ2) is 7.49. The van der Waals surface area contributed by atoms with E-state index in [-0.39, 0.29) is 11.0 Å². The highest BCUT2D eigenvalue weighted by Crippen LogP contribution is 2.29. The van der Waals surface area contributed by atoms with Crippen LogP contribution in [0.1, 0.15) is 18.1 Å². The van der Waals surface area contributed by atoms with Crippen LogP contribution in [0.3, 0.4) is 0 Å². The van der Waals surface area contributed by atoms with E-state index in [0.717, 1.165) is 16.8 Å². The number of nitrogens with one attached hydrogen (secondary N) is 3. The molecule has 1 aromatic carbocycles. The minimum Gasteiger partial charge on any atom is -0.339 e. The molecule has 0 spiro atoms. The van der Waals surface area contributed by atoms with E-state index < -0.39 is 9.96 Å². The molecule has 21 heavy (non-hydrogen) atoms. The fourth-order valence-electron chi connectivity index (χ4n) is 1.56. The third kappa shape index (κ3) is 6.26. The Bertz CT molecular complexity index is 546. The van der Waals surface area contributed by atoms with E-state index in [9.17, 15) is 4.79 Å². The maximum absolute atomic E-state index is 11.1. The van der Waals surface area contributed by atoms with E-state index in [4.69, 9.17) is 47.0 Å². The molecule has 1 atom stereocenters. The first-order chi connectivity index (χ1) is 9.59. The van der Waals surface area contributed by atoms with E-state index >= 15 is 0 Å². The van der Waals surface area contributed by atoms with Gasteiger partial charge in [-0.3, -0.25) is 4.79 Å². The van der Waals surface area contributed by atoms with Crippen molar-refractivity contribution in [3.8, 4) is 0 Å². The number of amides is 1. The number of hydrogen-bond donors (Lipinski definition) is 3. The standard InChI is InChI=1S/C13H16Cl3N3OS/c1-7-4-5-8(2)10(6-7)18-12(21)19-11(13(14,15)16)17-9(3)20/h4-6,11H,1-3H3,(H,17,20)(H2,18,19,21)/t11-/m1/s1. The zero-order chi connectivity index (χ0) is 16.2. The normalized spacial score (nSPS) is 12.5. The molecular formula is C13H16Cl3N3OS. The van der Waals surface area contributed by atoms with Crippen molar-refractivity contribution in [1.82, 2.24) is 10.6 Å². The summed E-state index contributed by atoms with van der Waals surface area (Å²) < 4.78 is -1.74. The first-order valence-corrected chi connectivity index (χ1v) is 7.62. The SMILES string of the molecule is CC(=O)N[C@H](NC(=S)Nc1cc(C)ccc1C)C(Cl)(Cl)Cl. The average molecular weight is 369 g/mol. The number of halogens is 3. The molecule has 4 nitrogen and oxygen atoms in total. The monoisotopic (exact) mass is 367 g/mol. The lowest BCUT2D eigenvalue weighted by Crippen LogP contribution is -2.55. The summed E-state index contributed by atoms with van der Waals surface area (Å²) in [5, 5.41) is 8.53. The lowest BCUT2D eigenvalue weighted by molar-refractivity contribution is -0.119. The summed E-state index contributed by atoms with van der Waals surface area (Å²) in [6.07, 6.45) is -0.940. The molecule has 0 saturated carbocycles. The van der Waals surface area contributed by atoms with E-state index in [1.165, 1.54) is 6.92 Å². The van der Waals surface area contributed by atoms with Crippen LogP contribution in [0.2, 0.25) is 0 Å². The maximum atomic E-state index is 11.1. The number of rotatable bonds is 3. The van der Waals surface area contributed by atoms with Crippen LogP contribution < -0.4 is 16.0 Å². The van der Waals surface area contributed by atoms with E-state index in [2.05, 4.69) is 16.0 Å². The van der Waals surface area contributed by atoms with E-state index in [0.29, 0.717) is 0 Å². The molecule has 1 rings (SSSR count). The van der Waals surface area contributed by atoms with Gasteiger partial charge in [0.25, 0.3) is 0 Å². The quantitative estimate of drug-likeness (QED) is 0.435. The first-order valence-electron chi connectivity index (χ1n) is 6.08. The fourth-order valence-corrected chi connectivity index (χ4v) is 2.12. The highest BCUT2D eigenvalue weighted by Gasteiger charge is 2.34. The minimum atomic E-state index is -1.74. The average Bonchev–Trinajstić information content (AvgIpc) is 2.31. The van der Waals surface area contributed by atoms with Gasteiger partial charge in [-0.15, -0.1) is 0 Å². The lowest BCUT2D eigenvalue weighted by Gasteiger charge is -2.27. The summed E-state index contributed by atoms with van der Waals surface area (Å²) in [6.45, 7) is 5.25. The summed E-state index contributed by atoms with van der Waals surface area (Å²) in [7, 11) is 0. The summed E-state index contributed by atoms with van der Waals surface area (Å²) in [5.74, 6) is -0.339. The summed E-state index contributed by atoms with van der Waals surface area (Å²) in [4.78, 5) is 11.1. The Labute approximate surface area is 144 Å². The molecule has 116 valence electrons. The minimum absolute atomic E-state index is 0.244. The molecule has 0 aliphatic heterocycles. The van der Waals surface area contributed by atoms with Crippen molar-refractivity contribution in [3.63, 3.8) is 0 Å². The number of carbonyl (C=O) groups is 1. The Morgan fingerprint density at radius 1 is 1.24 bits per heavy atom. The summed E-state index contributed by atoms with van der Waals surface area (Å²) in [6, 6.07) is 5.92. The van der Waals surface area contributed by atoms with Crippen LogP contribution in [0.5, 0.6) is 0 Å². The van der Waals surface area contributed by atoms with Gasteiger partial charge in [0.2, 0.25) is 9.70 Å². The molecule has 3 N–H and O–H groups in total. The highest BCUT2D eigenvalue weighted by molar-refractivity contribution is 7.80. The predicted molar refractivity (Wildman–Crippen MR) is 93.2 cm³/mol. The molecular weight excluding hydrogens is 353 g/mol. The van der Waals surface area contributed by atoms with Crippen molar-refractivity contribution in [2.75, 3.05) is 5.32 Å². The molecule has 8 heteroatoms. The van der Waals surface area contributed by atoms with Gasteiger partial charge in [0, 0.05) is 12.6 Å². The second-order valence-corrected chi connectivity index (χ2v) is 7.37. The molecule has 0 heterocycles. The molecule has 1 amide bonds. The number of anilines is 1.